The molecule has 0 bridgehead atoms. The van der Waals surface area contributed by atoms with Crippen LogP contribution in [0.1, 0.15) is 53.7 Å². The number of aryl methyl sites for hydroxylation is 1. The number of benzene rings is 2. The molecule has 0 aromatic heterocycles. The predicted octanol–water partition coefficient (Wildman–Crippen LogP) is 4.95. The lowest BCUT2D eigenvalue weighted by Crippen LogP contribution is -2.19. The molecule has 0 saturated heterocycles. The first kappa shape index (κ1) is 20.9. The van der Waals surface area contributed by atoms with Gasteiger partial charge in [-0.3, -0.25) is 4.79 Å². The Morgan fingerprint density at radius 3 is 2.59 bits per heavy atom. The number of carbonyl (C=O) groups is 1. The molecule has 3 rings (SSSR count). The molecule has 2 aromatic carbocycles. The van der Waals surface area contributed by atoms with Gasteiger partial charge in [0.15, 0.2) is 5.76 Å². The van der Waals surface area contributed by atoms with Crippen LogP contribution in [0.4, 0.5) is 0 Å². The molecule has 2 aromatic rings. The molecule has 1 aliphatic rings. The number of rotatable bonds is 8. The molecule has 0 saturated carbocycles. The first-order chi connectivity index (χ1) is 13.9. The van der Waals surface area contributed by atoms with Gasteiger partial charge in [-0.25, -0.2) is 0 Å². The molecule has 0 spiro atoms. The first-order valence-corrected chi connectivity index (χ1v) is 10.2. The third-order valence-electron chi connectivity index (χ3n) is 5.03. The van der Waals surface area contributed by atoms with Gasteiger partial charge in [-0.05, 0) is 69.3 Å². The quantitative estimate of drug-likeness (QED) is 0.641. The molecule has 0 aliphatic carbocycles. The number of phenolic OH excluding ortho intramolecular Hbond substituents is 1. The van der Waals surface area contributed by atoms with E-state index in [9.17, 15) is 9.90 Å². The fourth-order valence-electron chi connectivity index (χ4n) is 3.49. The van der Waals surface area contributed by atoms with Crippen LogP contribution in [0.5, 0.6) is 17.2 Å². The Labute approximate surface area is 172 Å². The minimum atomic E-state index is -0.149. The number of carbonyl (C=O) groups excluding carboxylic acids is 1. The topological polar surface area (TPSA) is 59.0 Å². The molecule has 0 fully saturated rings. The highest BCUT2D eigenvalue weighted by Crippen LogP contribution is 2.42. The summed E-state index contributed by atoms with van der Waals surface area (Å²) in [7, 11) is 2.01. The van der Waals surface area contributed by atoms with Crippen molar-refractivity contribution in [3.8, 4) is 17.2 Å². The number of unbranched alkanes of at least 4 members (excludes halogenated alkanes) is 1. The van der Waals surface area contributed by atoms with E-state index < -0.39 is 0 Å². The molecule has 5 nitrogen and oxygen atoms in total. The van der Waals surface area contributed by atoms with Crippen molar-refractivity contribution in [1.82, 2.24) is 4.90 Å². The third kappa shape index (κ3) is 4.62. The maximum Gasteiger partial charge on any atom is 0.232 e. The Balaban J connectivity index is 1.90. The number of nitrogens with zero attached hydrogens (tertiary/aromatic N) is 1. The number of fused-ring (bicyclic) bond motifs is 1. The highest BCUT2D eigenvalue weighted by Gasteiger charge is 2.33. The molecule has 5 heteroatoms. The van der Waals surface area contributed by atoms with Gasteiger partial charge in [-0.1, -0.05) is 25.5 Å². The summed E-state index contributed by atoms with van der Waals surface area (Å²) in [6.45, 7) is 7.96. The highest BCUT2D eigenvalue weighted by atomic mass is 16.5. The van der Waals surface area contributed by atoms with Gasteiger partial charge < -0.3 is 19.5 Å². The van der Waals surface area contributed by atoms with E-state index in [1.165, 1.54) is 0 Å². The van der Waals surface area contributed by atoms with E-state index in [-0.39, 0.29) is 17.3 Å². The highest BCUT2D eigenvalue weighted by molar-refractivity contribution is 6.15. The zero-order valence-corrected chi connectivity index (χ0v) is 17.6. The second kappa shape index (κ2) is 9.14. The molecule has 1 N–H and O–H groups in total. The molecule has 154 valence electrons. The number of ether oxygens (including phenoxy) is 2. The summed E-state index contributed by atoms with van der Waals surface area (Å²) in [5.41, 5.74) is 2.78. The molecule has 0 unspecified atom stereocenters. The predicted molar refractivity (Wildman–Crippen MR) is 115 cm³/mol. The molecule has 1 heterocycles. The fourth-order valence-corrected chi connectivity index (χ4v) is 3.49. The van der Waals surface area contributed by atoms with Crippen LogP contribution in [0.2, 0.25) is 0 Å². The average molecular weight is 395 g/mol. The lowest BCUT2D eigenvalue weighted by Gasteiger charge is -2.19. The van der Waals surface area contributed by atoms with Gasteiger partial charge in [0, 0.05) is 6.54 Å². The van der Waals surface area contributed by atoms with Gasteiger partial charge in [0.2, 0.25) is 5.78 Å². The van der Waals surface area contributed by atoms with Crippen molar-refractivity contribution < 1.29 is 19.4 Å². The number of hydrogen-bond acceptors (Lipinski definition) is 5. The van der Waals surface area contributed by atoms with Crippen LogP contribution in [-0.2, 0) is 6.54 Å². The normalized spacial score (nSPS) is 14.4. The second-order valence-electron chi connectivity index (χ2n) is 7.43. The van der Waals surface area contributed by atoms with Crippen molar-refractivity contribution in [1.29, 1.82) is 0 Å². The number of phenols is 1. The van der Waals surface area contributed by atoms with E-state index in [4.69, 9.17) is 9.47 Å². The minimum Gasteiger partial charge on any atom is -0.507 e. The van der Waals surface area contributed by atoms with E-state index in [0.29, 0.717) is 30.0 Å². The first-order valence-electron chi connectivity index (χ1n) is 10.2. The molecule has 29 heavy (non-hydrogen) atoms. The average Bonchev–Trinajstić information content (AvgIpc) is 3.02. The Morgan fingerprint density at radius 1 is 1.21 bits per heavy atom. The van der Waals surface area contributed by atoms with Gasteiger partial charge >= 0.3 is 0 Å². The van der Waals surface area contributed by atoms with Gasteiger partial charge in [0.1, 0.15) is 17.2 Å². The van der Waals surface area contributed by atoms with Gasteiger partial charge in [-0.2, -0.15) is 0 Å². The Kier molecular flexibility index (Phi) is 6.60. The maximum absolute atomic E-state index is 13.0. The van der Waals surface area contributed by atoms with E-state index in [2.05, 4.69) is 11.8 Å². The van der Waals surface area contributed by atoms with Crippen LogP contribution in [0.25, 0.3) is 6.08 Å². The fraction of sp³-hybridized carbons (Fsp3) is 0.375. The van der Waals surface area contributed by atoms with Crippen molar-refractivity contribution in [3.05, 3.63) is 58.3 Å². The number of aromatic hydroxyl groups is 1. The molecule has 1 aliphatic heterocycles. The van der Waals surface area contributed by atoms with E-state index in [0.717, 1.165) is 36.3 Å². The summed E-state index contributed by atoms with van der Waals surface area (Å²) in [6.07, 6.45) is 3.92. The molecule has 0 radical (unpaired) electrons. The van der Waals surface area contributed by atoms with E-state index >= 15 is 0 Å². The molecule has 0 atom stereocenters. The van der Waals surface area contributed by atoms with E-state index in [1.54, 1.807) is 12.1 Å². The zero-order valence-electron chi connectivity index (χ0n) is 17.6. The van der Waals surface area contributed by atoms with E-state index in [1.807, 2.05) is 45.2 Å². The second-order valence-corrected chi connectivity index (χ2v) is 7.43. The van der Waals surface area contributed by atoms with Crippen molar-refractivity contribution >= 4 is 11.9 Å². The summed E-state index contributed by atoms with van der Waals surface area (Å²) in [4.78, 5) is 15.1. The zero-order chi connectivity index (χ0) is 21.0. The largest absolute Gasteiger partial charge is 0.507 e. The van der Waals surface area contributed by atoms with Crippen molar-refractivity contribution in [3.63, 3.8) is 0 Å². The lowest BCUT2D eigenvalue weighted by atomic mass is 9.99. The van der Waals surface area contributed by atoms with Gasteiger partial charge in [0.25, 0.3) is 0 Å². The SMILES string of the molecule is CCCCN(C)Cc1c(O)cc(C)c2c1O/C(=C\c1ccc(OCC)cc1)C2=O. The van der Waals surface area contributed by atoms with Crippen LogP contribution in [0.3, 0.4) is 0 Å². The van der Waals surface area contributed by atoms with Gasteiger partial charge in [-0.15, -0.1) is 0 Å². The summed E-state index contributed by atoms with van der Waals surface area (Å²) in [5, 5.41) is 10.5. The number of hydrogen-bond donors (Lipinski definition) is 1. The Hall–Kier alpha value is -2.79. The summed E-state index contributed by atoms with van der Waals surface area (Å²) >= 11 is 0. The van der Waals surface area contributed by atoms with Crippen molar-refractivity contribution in [2.75, 3.05) is 20.2 Å². The minimum absolute atomic E-state index is 0.149. The lowest BCUT2D eigenvalue weighted by molar-refractivity contribution is 0.101. The van der Waals surface area contributed by atoms with Crippen molar-refractivity contribution in [2.45, 2.75) is 40.2 Å². The molecular formula is C24H29NO4. The summed E-state index contributed by atoms with van der Waals surface area (Å²) < 4.78 is 11.5. The Morgan fingerprint density at radius 2 is 1.93 bits per heavy atom. The van der Waals surface area contributed by atoms with Gasteiger partial charge in [0.05, 0.1) is 17.7 Å². The summed E-state index contributed by atoms with van der Waals surface area (Å²) in [5.74, 6) is 1.56. The maximum atomic E-state index is 13.0. The third-order valence-corrected chi connectivity index (χ3v) is 5.03. The van der Waals surface area contributed by atoms with Crippen LogP contribution in [0, 0.1) is 6.92 Å². The Bertz CT molecular complexity index is 915. The smallest absolute Gasteiger partial charge is 0.232 e. The standard InChI is InChI=1S/C24H29NO4/c1-5-7-12-25(4)15-19-20(26)13-16(3)22-23(27)21(29-24(19)22)14-17-8-10-18(11-9-17)28-6-2/h8-11,13-14,26H,5-7,12,15H2,1-4H3/b21-14-. The monoisotopic (exact) mass is 395 g/mol. The number of ketones is 1. The number of allylic oxidation sites excluding steroid dienone is 1. The van der Waals surface area contributed by atoms with Crippen LogP contribution in [-0.4, -0.2) is 36.0 Å². The van der Waals surface area contributed by atoms with Crippen LogP contribution in [0.15, 0.2) is 36.1 Å². The summed E-state index contributed by atoms with van der Waals surface area (Å²) in [6, 6.07) is 9.17. The molecule has 0 amide bonds. The van der Waals surface area contributed by atoms with Crippen LogP contribution < -0.4 is 9.47 Å². The number of Topliss-reactive ketones (excluding diaryl/α,β-unsaturated/α-hetero) is 1. The van der Waals surface area contributed by atoms with Crippen LogP contribution >= 0.6 is 0 Å². The molecular weight excluding hydrogens is 366 g/mol. The van der Waals surface area contributed by atoms with Crippen molar-refractivity contribution in [2.24, 2.45) is 0 Å².